The van der Waals surface area contributed by atoms with Crippen molar-refractivity contribution in [3.8, 4) is 11.4 Å². The molecule has 2 aromatic carbocycles. The van der Waals surface area contributed by atoms with Gasteiger partial charge in [-0.2, -0.15) is 36.5 Å². The van der Waals surface area contributed by atoms with Crippen molar-refractivity contribution >= 4 is 11.4 Å². The second kappa shape index (κ2) is 9.25. The molecule has 0 spiro atoms. The maximum atomic E-state index is 12.5. The van der Waals surface area contributed by atoms with E-state index in [1.165, 1.54) is 41.3 Å². The van der Waals surface area contributed by atoms with Crippen molar-refractivity contribution in [2.45, 2.75) is 12.4 Å². The molecule has 0 aliphatic heterocycles. The minimum absolute atomic E-state index is 0.109. The van der Waals surface area contributed by atoms with Crippen LogP contribution >= 0.6 is 0 Å². The lowest BCUT2D eigenvalue weighted by atomic mass is 10.2. The molecule has 4 rings (SSSR count). The molecule has 2 aromatic heterocycles. The second-order valence-corrected chi connectivity index (χ2v) is 6.71. The van der Waals surface area contributed by atoms with Gasteiger partial charge in [-0.15, -0.1) is 0 Å². The summed E-state index contributed by atoms with van der Waals surface area (Å²) in [6.07, 6.45) is -3.96. The third kappa shape index (κ3) is 5.90. The highest BCUT2D eigenvalue weighted by atomic mass is 19.4. The quantitative estimate of drug-likeness (QED) is 0.242. The SMILES string of the molecule is Nc1cnn(-c2cccc(C(F)(F)F)c2)c1.O=[N+]([O-])c1cnn(-c2cccc(C(F)(F)F)c2)c1. The molecule has 178 valence electrons. The van der Waals surface area contributed by atoms with Gasteiger partial charge in [-0.05, 0) is 36.4 Å². The normalized spacial score (nSPS) is 11.6. The van der Waals surface area contributed by atoms with E-state index in [2.05, 4.69) is 10.2 Å². The van der Waals surface area contributed by atoms with Gasteiger partial charge in [0.15, 0.2) is 0 Å². The number of anilines is 1. The van der Waals surface area contributed by atoms with Crippen LogP contribution in [0.3, 0.4) is 0 Å². The molecular formula is C20H14F6N6O2. The van der Waals surface area contributed by atoms with Crippen LogP contribution in [0.5, 0.6) is 0 Å². The van der Waals surface area contributed by atoms with Crippen LogP contribution in [0.4, 0.5) is 37.7 Å². The van der Waals surface area contributed by atoms with Gasteiger partial charge in [0.05, 0.1) is 45.5 Å². The number of aromatic nitrogens is 4. The standard InChI is InChI=1S/C10H6F3N3O2.C10H8F3N3/c11-10(12,13)7-2-1-3-8(4-7)15-6-9(5-14-15)16(17)18;11-10(12,13)7-2-1-3-9(4-7)16-6-8(14)5-15-16/h1-6H;1-6H,14H2. The molecule has 8 nitrogen and oxygen atoms in total. The van der Waals surface area contributed by atoms with Crippen molar-refractivity contribution in [3.05, 3.63) is 94.6 Å². The van der Waals surface area contributed by atoms with Crippen LogP contribution in [-0.2, 0) is 12.4 Å². The van der Waals surface area contributed by atoms with Crippen LogP contribution in [0.2, 0.25) is 0 Å². The van der Waals surface area contributed by atoms with Crippen LogP contribution in [-0.4, -0.2) is 24.5 Å². The molecule has 0 bridgehead atoms. The van der Waals surface area contributed by atoms with Crippen LogP contribution in [0, 0.1) is 10.1 Å². The minimum atomic E-state index is -4.46. The van der Waals surface area contributed by atoms with Crippen molar-refractivity contribution in [3.63, 3.8) is 0 Å². The van der Waals surface area contributed by atoms with Crippen LogP contribution < -0.4 is 5.73 Å². The summed E-state index contributed by atoms with van der Waals surface area (Å²) in [6.45, 7) is 0. The van der Waals surface area contributed by atoms with E-state index >= 15 is 0 Å². The predicted molar refractivity (Wildman–Crippen MR) is 108 cm³/mol. The van der Waals surface area contributed by atoms with Crippen molar-refractivity contribution in [2.75, 3.05) is 5.73 Å². The Morgan fingerprint density at radius 2 is 1.26 bits per heavy atom. The maximum Gasteiger partial charge on any atom is 0.416 e. The number of hydrogen-bond donors (Lipinski definition) is 1. The van der Waals surface area contributed by atoms with Gasteiger partial charge in [0.1, 0.15) is 12.4 Å². The van der Waals surface area contributed by atoms with E-state index in [1.54, 1.807) is 0 Å². The van der Waals surface area contributed by atoms with E-state index in [4.69, 9.17) is 5.73 Å². The van der Waals surface area contributed by atoms with Gasteiger partial charge >= 0.3 is 18.0 Å². The summed E-state index contributed by atoms with van der Waals surface area (Å²) in [7, 11) is 0. The second-order valence-electron chi connectivity index (χ2n) is 6.71. The third-order valence-electron chi connectivity index (χ3n) is 4.26. The molecule has 0 unspecified atom stereocenters. The first-order chi connectivity index (χ1) is 15.8. The third-order valence-corrected chi connectivity index (χ3v) is 4.26. The first-order valence-electron chi connectivity index (χ1n) is 9.19. The molecule has 0 saturated carbocycles. The Kier molecular flexibility index (Phi) is 6.61. The minimum Gasteiger partial charge on any atom is -0.396 e. The van der Waals surface area contributed by atoms with Crippen molar-refractivity contribution < 1.29 is 31.3 Å². The first-order valence-corrected chi connectivity index (χ1v) is 9.19. The molecule has 0 radical (unpaired) electrons. The Morgan fingerprint density at radius 1 is 0.794 bits per heavy atom. The number of nitro groups is 1. The molecule has 4 aromatic rings. The molecule has 14 heteroatoms. The van der Waals surface area contributed by atoms with Gasteiger partial charge in [-0.1, -0.05) is 12.1 Å². The summed E-state index contributed by atoms with van der Waals surface area (Å²) in [5.74, 6) is 0. The number of nitrogens with two attached hydrogens (primary N) is 1. The number of benzene rings is 2. The highest BCUT2D eigenvalue weighted by molar-refractivity contribution is 5.41. The molecule has 0 amide bonds. The maximum absolute atomic E-state index is 12.5. The summed E-state index contributed by atoms with van der Waals surface area (Å²) >= 11 is 0. The lowest BCUT2D eigenvalue weighted by Gasteiger charge is -2.08. The number of nitrogen functional groups attached to an aromatic ring is 1. The molecule has 0 aliphatic carbocycles. The molecule has 2 heterocycles. The average molecular weight is 484 g/mol. The Morgan fingerprint density at radius 3 is 1.65 bits per heavy atom. The summed E-state index contributed by atoms with van der Waals surface area (Å²) in [5.41, 5.74) is 4.44. The van der Waals surface area contributed by atoms with Gasteiger partial charge < -0.3 is 5.73 Å². The summed E-state index contributed by atoms with van der Waals surface area (Å²) in [6, 6.07) is 9.27. The van der Waals surface area contributed by atoms with Crippen molar-refractivity contribution in [2.24, 2.45) is 0 Å². The monoisotopic (exact) mass is 484 g/mol. The topological polar surface area (TPSA) is 105 Å². The van der Waals surface area contributed by atoms with Crippen LogP contribution in [0.15, 0.2) is 73.3 Å². The molecule has 34 heavy (non-hydrogen) atoms. The van der Waals surface area contributed by atoms with E-state index in [9.17, 15) is 36.5 Å². The van der Waals surface area contributed by atoms with Gasteiger partial charge in [0, 0.05) is 0 Å². The predicted octanol–water partition coefficient (Wildman–Crippen LogP) is 5.27. The van der Waals surface area contributed by atoms with E-state index < -0.39 is 28.4 Å². The zero-order valence-electron chi connectivity index (χ0n) is 16.8. The number of nitrogens with zero attached hydrogens (tertiary/aromatic N) is 5. The summed E-state index contributed by atoms with van der Waals surface area (Å²) < 4.78 is 77.1. The summed E-state index contributed by atoms with van der Waals surface area (Å²) in [4.78, 5) is 9.77. The first kappa shape index (κ1) is 24.3. The molecule has 0 aliphatic rings. The average Bonchev–Trinajstić information content (AvgIpc) is 3.43. The molecule has 0 atom stereocenters. The van der Waals surface area contributed by atoms with Crippen molar-refractivity contribution in [1.29, 1.82) is 0 Å². The van der Waals surface area contributed by atoms with Crippen LogP contribution in [0.1, 0.15) is 11.1 Å². The van der Waals surface area contributed by atoms with E-state index in [0.29, 0.717) is 11.4 Å². The van der Waals surface area contributed by atoms with E-state index in [-0.39, 0.29) is 11.4 Å². The fourth-order valence-electron chi connectivity index (χ4n) is 2.68. The van der Waals surface area contributed by atoms with Crippen molar-refractivity contribution in [1.82, 2.24) is 19.6 Å². The molecular weight excluding hydrogens is 470 g/mol. The lowest BCUT2D eigenvalue weighted by Crippen LogP contribution is -2.06. The Balaban J connectivity index is 0.000000192. The Hall–Kier alpha value is -4.36. The van der Waals surface area contributed by atoms with Crippen LogP contribution in [0.25, 0.3) is 11.4 Å². The fourth-order valence-corrected chi connectivity index (χ4v) is 2.68. The lowest BCUT2D eigenvalue weighted by molar-refractivity contribution is -0.384. The smallest absolute Gasteiger partial charge is 0.396 e. The molecule has 0 fully saturated rings. The summed E-state index contributed by atoms with van der Waals surface area (Å²) in [5, 5.41) is 17.9. The zero-order valence-corrected chi connectivity index (χ0v) is 16.8. The van der Waals surface area contributed by atoms with Gasteiger partial charge in [0.25, 0.3) is 0 Å². The largest absolute Gasteiger partial charge is 0.416 e. The number of hydrogen-bond acceptors (Lipinski definition) is 5. The van der Waals surface area contributed by atoms with Gasteiger partial charge in [0.2, 0.25) is 0 Å². The zero-order chi connectivity index (χ0) is 25.1. The highest BCUT2D eigenvalue weighted by Crippen LogP contribution is 2.31. The molecule has 2 N–H and O–H groups in total. The fraction of sp³-hybridized carbons (Fsp3) is 0.100. The number of halogens is 6. The highest BCUT2D eigenvalue weighted by Gasteiger charge is 2.31. The Bertz CT molecular complexity index is 1290. The number of alkyl halides is 6. The van der Waals surface area contributed by atoms with E-state index in [1.807, 2.05) is 0 Å². The molecule has 0 saturated heterocycles. The van der Waals surface area contributed by atoms with Gasteiger partial charge in [-0.25, -0.2) is 9.36 Å². The van der Waals surface area contributed by atoms with Gasteiger partial charge in [-0.3, -0.25) is 10.1 Å². The van der Waals surface area contributed by atoms with E-state index in [0.717, 1.165) is 41.3 Å². The Labute approximate surface area is 187 Å². The number of rotatable bonds is 3.